The zero-order valence-corrected chi connectivity index (χ0v) is 39.1. The molecule has 4 fully saturated rings. The maximum Gasteiger partial charge on any atom is 0.143 e. The molecule has 10 heterocycles. The Hall–Kier alpha value is -5.03. The van der Waals surface area contributed by atoms with E-state index in [0.29, 0.717) is 0 Å². The van der Waals surface area contributed by atoms with Crippen LogP contribution < -0.4 is 9.80 Å². The highest BCUT2D eigenvalue weighted by atomic mass is 35.5. The van der Waals surface area contributed by atoms with Crippen LogP contribution in [0.15, 0.2) is 67.0 Å². The van der Waals surface area contributed by atoms with E-state index >= 15 is 0 Å². The molecule has 12 nitrogen and oxygen atoms in total. The van der Waals surface area contributed by atoms with Gasteiger partial charge in [-0.15, -0.1) is 6.42 Å². The predicted octanol–water partition coefficient (Wildman–Crippen LogP) is 7.94. The van der Waals surface area contributed by atoms with Gasteiger partial charge in [0.2, 0.25) is 0 Å². The Morgan fingerprint density at radius 1 is 0.625 bits per heavy atom. The monoisotopic (exact) mass is 878 g/mol. The Labute approximate surface area is 383 Å². The lowest BCUT2D eigenvalue weighted by atomic mass is 9.90. The number of anilines is 2. The molecule has 10 rings (SSSR count). The number of fused-ring (bicyclic) bond motifs is 2. The molecule has 4 saturated heterocycles. The van der Waals surface area contributed by atoms with Gasteiger partial charge in [-0.3, -0.25) is 33.5 Å². The number of piperidine rings is 2. The zero-order chi connectivity index (χ0) is 44.1. The van der Waals surface area contributed by atoms with E-state index < -0.39 is 0 Å². The second-order valence-electron chi connectivity index (χ2n) is 18.8. The number of likely N-dealkylation sites (tertiary alicyclic amines) is 2. The Kier molecular flexibility index (Phi) is 12.1. The summed E-state index contributed by atoms with van der Waals surface area (Å²) in [6, 6.07) is 20.1. The number of aryl methyl sites for hydroxylation is 2. The summed E-state index contributed by atoms with van der Waals surface area (Å²) in [5.74, 6) is 5.44. The van der Waals surface area contributed by atoms with Gasteiger partial charge in [0.25, 0.3) is 0 Å². The maximum absolute atomic E-state index is 7.38. The number of piperazine rings is 2. The van der Waals surface area contributed by atoms with E-state index in [9.17, 15) is 0 Å². The normalized spacial score (nSPS) is 23.3. The lowest BCUT2D eigenvalue weighted by Crippen LogP contribution is -2.47. The molecule has 4 aliphatic rings. The van der Waals surface area contributed by atoms with Gasteiger partial charge in [-0.2, -0.15) is 0 Å². The van der Waals surface area contributed by atoms with Crippen LogP contribution in [0, 0.1) is 26.2 Å². The highest BCUT2D eigenvalue weighted by molar-refractivity contribution is 6.30. The fourth-order valence-electron chi connectivity index (χ4n) is 11.3. The van der Waals surface area contributed by atoms with Gasteiger partial charge in [-0.25, -0.2) is 9.97 Å². The molecule has 334 valence electrons. The number of imidazole rings is 2. The van der Waals surface area contributed by atoms with E-state index in [4.69, 9.17) is 38.0 Å². The molecule has 0 bridgehead atoms. The van der Waals surface area contributed by atoms with Crippen molar-refractivity contribution in [1.29, 1.82) is 0 Å². The number of halogens is 1. The van der Waals surface area contributed by atoms with Gasteiger partial charge in [0.15, 0.2) is 0 Å². The van der Waals surface area contributed by atoms with E-state index in [0.717, 1.165) is 160 Å². The van der Waals surface area contributed by atoms with Gasteiger partial charge < -0.3 is 14.7 Å². The Balaban J connectivity index is 0.880. The minimum absolute atomic E-state index is 0.105. The fraction of sp³-hybridized carbons (Fsp3) is 0.490. The van der Waals surface area contributed by atoms with Crippen molar-refractivity contribution in [3.8, 4) is 12.3 Å². The smallest absolute Gasteiger partial charge is 0.143 e. The molecule has 0 aromatic carbocycles. The van der Waals surface area contributed by atoms with E-state index in [-0.39, 0.29) is 24.2 Å². The highest BCUT2D eigenvalue weighted by Gasteiger charge is 2.37. The zero-order valence-electron chi connectivity index (χ0n) is 38.3. The van der Waals surface area contributed by atoms with Crippen molar-refractivity contribution in [3.63, 3.8) is 0 Å². The van der Waals surface area contributed by atoms with Gasteiger partial charge in [-0.05, 0) is 133 Å². The number of terminal acetylenes is 1. The number of aromatic nitrogens is 6. The van der Waals surface area contributed by atoms with Gasteiger partial charge in [0, 0.05) is 71.3 Å². The number of hydrogen-bond acceptors (Lipinski definition) is 10. The van der Waals surface area contributed by atoms with Gasteiger partial charge >= 0.3 is 0 Å². The molecule has 4 atom stereocenters. The van der Waals surface area contributed by atoms with Crippen LogP contribution in [0.25, 0.3) is 11.3 Å². The van der Waals surface area contributed by atoms with E-state index in [1.165, 1.54) is 16.7 Å². The molecule has 4 aliphatic heterocycles. The average Bonchev–Trinajstić information content (AvgIpc) is 3.87. The molecular weight excluding hydrogens is 816 g/mol. The minimum Gasteiger partial charge on any atom is -0.355 e. The molecule has 0 radical (unpaired) electrons. The van der Waals surface area contributed by atoms with Crippen molar-refractivity contribution in [2.75, 3.05) is 89.8 Å². The summed E-state index contributed by atoms with van der Waals surface area (Å²) in [6.07, 6.45) is 17.7. The standard InChI is InChI=1S/C51H63ClN12/c1-7-38-48(41-17-8-15-39(58(41)5)46-35(2)13-11-24-53-46)56-51-37(21-22-45(63(38)51)61-31-27-57(4)28-32-61)23-26-60-29-33-62(34-30-60)44-20-10-19-43-55-49(50(52)64(43)44)42-18-9-16-40(59(42)6)47-36(3)14-12-25-54-47/h1,10-14,19-22,24-25,39-42H,8-9,15-18,23,26-34H2,2-6H3/t39-,40-,41+,42+/m0/s1. The first-order valence-electron chi connectivity index (χ1n) is 23.6. The third kappa shape index (κ3) is 7.83. The molecule has 6 aromatic heterocycles. The van der Waals surface area contributed by atoms with Crippen LogP contribution in [0.4, 0.5) is 11.6 Å². The van der Waals surface area contributed by atoms with E-state index in [1.807, 2.05) is 24.5 Å². The van der Waals surface area contributed by atoms with Crippen molar-refractivity contribution < 1.29 is 0 Å². The first-order chi connectivity index (χ1) is 31.2. The highest BCUT2D eigenvalue weighted by Crippen LogP contribution is 2.44. The van der Waals surface area contributed by atoms with Crippen molar-refractivity contribution >= 4 is 34.5 Å². The lowest BCUT2D eigenvalue weighted by molar-refractivity contribution is 0.109. The molecule has 6 aromatic rings. The van der Waals surface area contributed by atoms with Crippen LogP contribution in [0.2, 0.25) is 5.15 Å². The van der Waals surface area contributed by atoms with E-state index in [2.05, 4.69) is 122 Å². The molecule has 0 spiro atoms. The van der Waals surface area contributed by atoms with E-state index in [1.54, 1.807) is 0 Å². The van der Waals surface area contributed by atoms with Crippen LogP contribution in [0.5, 0.6) is 0 Å². The van der Waals surface area contributed by atoms with Crippen molar-refractivity contribution in [2.24, 2.45) is 0 Å². The number of pyridine rings is 4. The van der Waals surface area contributed by atoms with Gasteiger partial charge in [-0.1, -0.05) is 35.9 Å². The topological polar surface area (TPSA) is 79.8 Å². The Morgan fingerprint density at radius 3 is 1.78 bits per heavy atom. The molecule has 13 heteroatoms. The molecule has 0 amide bonds. The maximum atomic E-state index is 7.38. The number of hydrogen-bond donors (Lipinski definition) is 0. The fourth-order valence-corrected chi connectivity index (χ4v) is 11.7. The summed E-state index contributed by atoms with van der Waals surface area (Å²) in [5.41, 5.74) is 10.8. The van der Waals surface area contributed by atoms with Crippen LogP contribution in [0.3, 0.4) is 0 Å². The summed E-state index contributed by atoms with van der Waals surface area (Å²) in [5, 5.41) is 0.722. The molecule has 0 N–H and O–H groups in total. The quantitative estimate of drug-likeness (QED) is 0.134. The molecular formula is C51H63ClN12. The van der Waals surface area contributed by atoms with Crippen LogP contribution in [-0.2, 0) is 6.42 Å². The average molecular weight is 880 g/mol. The van der Waals surface area contributed by atoms with Crippen molar-refractivity contribution in [3.05, 3.63) is 117 Å². The minimum atomic E-state index is 0.105. The second-order valence-corrected chi connectivity index (χ2v) is 19.1. The van der Waals surface area contributed by atoms with Crippen molar-refractivity contribution in [1.82, 2.24) is 48.3 Å². The molecule has 0 aliphatic carbocycles. The second kappa shape index (κ2) is 18.1. The Bertz CT molecular complexity index is 2670. The summed E-state index contributed by atoms with van der Waals surface area (Å²) < 4.78 is 4.50. The number of likely N-dealkylation sites (N-methyl/N-ethyl adjacent to an activating group) is 1. The van der Waals surface area contributed by atoms with Crippen molar-refractivity contribution in [2.45, 2.75) is 83.0 Å². The summed E-state index contributed by atoms with van der Waals surface area (Å²) in [7, 11) is 6.66. The first kappa shape index (κ1) is 42.9. The lowest BCUT2D eigenvalue weighted by Gasteiger charge is -2.39. The first-order valence-corrected chi connectivity index (χ1v) is 23.9. The third-order valence-corrected chi connectivity index (χ3v) is 15.4. The van der Waals surface area contributed by atoms with Crippen LogP contribution >= 0.6 is 11.6 Å². The summed E-state index contributed by atoms with van der Waals surface area (Å²) in [6.45, 7) is 13.0. The Morgan fingerprint density at radius 2 is 1.19 bits per heavy atom. The SMILES string of the molecule is C#Cc1c([C@H]2CCC[C@@H](c3ncccc3C)N2C)nc2c(CCN3CCN(c4cccc5nc([C@H]6CCC[C@@H](c7ncccc7C)N6C)c(Cl)n45)CC3)ccc(N3CCN(C)CC3)n12. The van der Waals surface area contributed by atoms with Crippen LogP contribution in [0.1, 0.15) is 108 Å². The number of nitrogens with zero attached hydrogens (tertiary/aromatic N) is 12. The predicted molar refractivity (Wildman–Crippen MR) is 258 cm³/mol. The molecule has 0 unspecified atom stereocenters. The third-order valence-electron chi connectivity index (χ3n) is 15.0. The van der Waals surface area contributed by atoms with Gasteiger partial charge in [0.1, 0.15) is 33.8 Å². The summed E-state index contributed by atoms with van der Waals surface area (Å²) >= 11 is 7.38. The summed E-state index contributed by atoms with van der Waals surface area (Å²) in [4.78, 5) is 35.3. The largest absolute Gasteiger partial charge is 0.355 e. The van der Waals surface area contributed by atoms with Crippen LogP contribution in [-0.4, -0.2) is 128 Å². The number of rotatable bonds is 9. The molecule has 64 heavy (non-hydrogen) atoms. The van der Waals surface area contributed by atoms with Gasteiger partial charge in [0.05, 0.1) is 46.9 Å². The molecule has 0 saturated carbocycles.